The van der Waals surface area contributed by atoms with E-state index in [0.29, 0.717) is 10.7 Å². The Bertz CT molecular complexity index is 327. The summed E-state index contributed by atoms with van der Waals surface area (Å²) in [7, 11) is 0. The fraction of sp³-hybridized carbons (Fsp3) is 0.250. The molecule has 0 fully saturated rings. The van der Waals surface area contributed by atoms with Crippen LogP contribution in [0.25, 0.3) is 0 Å². The van der Waals surface area contributed by atoms with Crippen LogP contribution in [-0.4, -0.2) is 16.6 Å². The van der Waals surface area contributed by atoms with E-state index >= 15 is 0 Å². The standard InChI is InChI=1S/C8H11N3OS/c1-5-2-3-6(9)8(11-5)13-4-7(10)12/h2-3H,4,9H2,1H3,(H2,10,12). The van der Waals surface area contributed by atoms with Crippen LogP contribution in [0.1, 0.15) is 5.69 Å². The van der Waals surface area contributed by atoms with Crippen molar-refractivity contribution in [3.8, 4) is 0 Å². The molecular weight excluding hydrogens is 186 g/mol. The largest absolute Gasteiger partial charge is 0.397 e. The molecule has 13 heavy (non-hydrogen) atoms. The molecule has 0 aliphatic heterocycles. The fourth-order valence-corrected chi connectivity index (χ4v) is 1.52. The Morgan fingerprint density at radius 2 is 2.31 bits per heavy atom. The zero-order valence-electron chi connectivity index (χ0n) is 7.28. The number of hydrogen-bond donors (Lipinski definition) is 2. The predicted molar refractivity (Wildman–Crippen MR) is 53.3 cm³/mol. The predicted octanol–water partition coefficient (Wildman–Crippen LogP) is 0.550. The summed E-state index contributed by atoms with van der Waals surface area (Å²) < 4.78 is 0. The summed E-state index contributed by atoms with van der Waals surface area (Å²) >= 11 is 1.26. The number of anilines is 1. The number of carbonyl (C=O) groups is 1. The Hall–Kier alpha value is -1.23. The topological polar surface area (TPSA) is 82.0 Å². The highest BCUT2D eigenvalue weighted by Crippen LogP contribution is 2.22. The molecule has 0 bridgehead atoms. The molecule has 0 aliphatic rings. The van der Waals surface area contributed by atoms with Crippen molar-refractivity contribution >= 4 is 23.4 Å². The molecule has 1 rings (SSSR count). The van der Waals surface area contributed by atoms with Gasteiger partial charge < -0.3 is 11.5 Å². The fourth-order valence-electron chi connectivity index (χ4n) is 0.799. The molecule has 0 spiro atoms. The minimum atomic E-state index is -0.368. The maximum Gasteiger partial charge on any atom is 0.227 e. The third kappa shape index (κ3) is 2.95. The third-order valence-corrected chi connectivity index (χ3v) is 2.41. The van der Waals surface area contributed by atoms with Gasteiger partial charge in [-0.2, -0.15) is 0 Å². The van der Waals surface area contributed by atoms with Crippen LogP contribution in [0.15, 0.2) is 17.2 Å². The van der Waals surface area contributed by atoms with Gasteiger partial charge in [0.2, 0.25) is 5.91 Å². The molecule has 70 valence electrons. The molecule has 5 heteroatoms. The molecule has 0 saturated heterocycles. The van der Waals surface area contributed by atoms with Crippen molar-refractivity contribution in [1.82, 2.24) is 4.98 Å². The second kappa shape index (κ2) is 4.13. The second-order valence-corrected chi connectivity index (χ2v) is 3.57. The van der Waals surface area contributed by atoms with Crippen molar-refractivity contribution in [2.75, 3.05) is 11.5 Å². The number of thioether (sulfide) groups is 1. The molecule has 0 aromatic carbocycles. The maximum atomic E-state index is 10.5. The first kappa shape index (κ1) is 9.85. The van der Waals surface area contributed by atoms with E-state index in [1.165, 1.54) is 11.8 Å². The average molecular weight is 197 g/mol. The van der Waals surface area contributed by atoms with Crippen LogP contribution < -0.4 is 11.5 Å². The quantitative estimate of drug-likeness (QED) is 0.693. The number of pyridine rings is 1. The first-order valence-corrected chi connectivity index (χ1v) is 4.72. The summed E-state index contributed by atoms with van der Waals surface area (Å²) in [4.78, 5) is 14.7. The van der Waals surface area contributed by atoms with Gasteiger partial charge in [-0.3, -0.25) is 4.79 Å². The van der Waals surface area contributed by atoms with Gasteiger partial charge in [-0.1, -0.05) is 11.8 Å². The zero-order valence-corrected chi connectivity index (χ0v) is 8.10. The first-order chi connectivity index (χ1) is 6.09. The van der Waals surface area contributed by atoms with E-state index < -0.39 is 0 Å². The van der Waals surface area contributed by atoms with Gasteiger partial charge in [-0.15, -0.1) is 0 Å². The van der Waals surface area contributed by atoms with Crippen molar-refractivity contribution in [3.63, 3.8) is 0 Å². The number of hydrogen-bond acceptors (Lipinski definition) is 4. The van der Waals surface area contributed by atoms with Crippen molar-refractivity contribution in [3.05, 3.63) is 17.8 Å². The molecule has 4 nitrogen and oxygen atoms in total. The van der Waals surface area contributed by atoms with E-state index in [9.17, 15) is 4.79 Å². The summed E-state index contributed by atoms with van der Waals surface area (Å²) in [6.07, 6.45) is 0. The summed E-state index contributed by atoms with van der Waals surface area (Å²) in [5.41, 5.74) is 12.1. The number of amides is 1. The van der Waals surface area contributed by atoms with E-state index in [1.54, 1.807) is 6.07 Å². The minimum absolute atomic E-state index is 0.209. The number of nitrogens with zero attached hydrogens (tertiary/aromatic N) is 1. The lowest BCUT2D eigenvalue weighted by Gasteiger charge is -2.03. The zero-order chi connectivity index (χ0) is 9.84. The summed E-state index contributed by atoms with van der Waals surface area (Å²) in [5.74, 6) is -0.159. The van der Waals surface area contributed by atoms with Gasteiger partial charge in [0, 0.05) is 5.69 Å². The van der Waals surface area contributed by atoms with Crippen molar-refractivity contribution in [1.29, 1.82) is 0 Å². The van der Waals surface area contributed by atoms with Crippen LogP contribution in [0.4, 0.5) is 5.69 Å². The van der Waals surface area contributed by atoms with Crippen LogP contribution in [0.2, 0.25) is 0 Å². The van der Waals surface area contributed by atoms with Crippen LogP contribution in [0.5, 0.6) is 0 Å². The molecule has 0 atom stereocenters. The Kier molecular flexibility index (Phi) is 3.13. The third-order valence-electron chi connectivity index (χ3n) is 1.38. The molecule has 1 heterocycles. The lowest BCUT2D eigenvalue weighted by Crippen LogP contribution is -2.13. The highest BCUT2D eigenvalue weighted by molar-refractivity contribution is 8.00. The lowest BCUT2D eigenvalue weighted by molar-refractivity contribution is -0.115. The summed E-state index contributed by atoms with van der Waals surface area (Å²) in [6.45, 7) is 1.87. The van der Waals surface area contributed by atoms with Gasteiger partial charge in [0.25, 0.3) is 0 Å². The van der Waals surface area contributed by atoms with E-state index in [0.717, 1.165) is 5.69 Å². The van der Waals surface area contributed by atoms with Gasteiger partial charge in [0.05, 0.1) is 11.4 Å². The Morgan fingerprint density at radius 1 is 1.62 bits per heavy atom. The van der Waals surface area contributed by atoms with Gasteiger partial charge >= 0.3 is 0 Å². The highest BCUT2D eigenvalue weighted by Gasteiger charge is 2.03. The first-order valence-electron chi connectivity index (χ1n) is 3.74. The molecule has 0 saturated carbocycles. The van der Waals surface area contributed by atoms with Gasteiger partial charge in [0.15, 0.2) is 0 Å². The van der Waals surface area contributed by atoms with Gasteiger partial charge in [-0.25, -0.2) is 4.98 Å². The van der Waals surface area contributed by atoms with Gasteiger partial charge in [-0.05, 0) is 19.1 Å². The Morgan fingerprint density at radius 3 is 2.92 bits per heavy atom. The van der Waals surface area contributed by atoms with Crippen LogP contribution in [-0.2, 0) is 4.79 Å². The molecule has 1 aromatic rings. The summed E-state index contributed by atoms with van der Waals surface area (Å²) in [6, 6.07) is 3.59. The minimum Gasteiger partial charge on any atom is -0.397 e. The van der Waals surface area contributed by atoms with Crippen molar-refractivity contribution in [2.24, 2.45) is 5.73 Å². The molecule has 0 aliphatic carbocycles. The average Bonchev–Trinajstić information content (AvgIpc) is 2.06. The number of nitrogen functional groups attached to an aromatic ring is 1. The lowest BCUT2D eigenvalue weighted by atomic mass is 10.3. The number of carbonyl (C=O) groups excluding carboxylic acids is 1. The van der Waals surface area contributed by atoms with Gasteiger partial charge in [0.1, 0.15) is 5.03 Å². The number of rotatable bonds is 3. The molecular formula is C8H11N3OS. The van der Waals surface area contributed by atoms with E-state index in [2.05, 4.69) is 4.98 Å². The normalized spacial score (nSPS) is 9.92. The number of primary amides is 1. The van der Waals surface area contributed by atoms with E-state index in [4.69, 9.17) is 11.5 Å². The Labute approximate surface area is 80.7 Å². The summed E-state index contributed by atoms with van der Waals surface area (Å²) in [5, 5.41) is 0.666. The van der Waals surface area contributed by atoms with E-state index in [1.807, 2.05) is 13.0 Å². The maximum absolute atomic E-state index is 10.5. The van der Waals surface area contributed by atoms with Crippen molar-refractivity contribution < 1.29 is 4.79 Å². The van der Waals surface area contributed by atoms with Crippen LogP contribution in [0, 0.1) is 6.92 Å². The van der Waals surface area contributed by atoms with Crippen molar-refractivity contribution in [2.45, 2.75) is 11.9 Å². The second-order valence-electron chi connectivity index (χ2n) is 2.60. The monoisotopic (exact) mass is 197 g/mol. The number of aromatic nitrogens is 1. The smallest absolute Gasteiger partial charge is 0.227 e. The van der Waals surface area contributed by atoms with Crippen LogP contribution in [0.3, 0.4) is 0 Å². The number of aryl methyl sites for hydroxylation is 1. The molecule has 0 radical (unpaired) electrons. The molecule has 1 aromatic heterocycles. The van der Waals surface area contributed by atoms with E-state index in [-0.39, 0.29) is 11.7 Å². The molecule has 4 N–H and O–H groups in total. The SMILES string of the molecule is Cc1ccc(N)c(SCC(N)=O)n1. The number of nitrogens with two attached hydrogens (primary N) is 2. The molecule has 0 unspecified atom stereocenters. The van der Waals surface area contributed by atoms with Crippen LogP contribution >= 0.6 is 11.8 Å². The molecule has 1 amide bonds. The highest BCUT2D eigenvalue weighted by atomic mass is 32.2. The Balaban J connectivity index is 2.75.